The van der Waals surface area contributed by atoms with Gasteiger partial charge in [0, 0.05) is 24.3 Å². The van der Waals surface area contributed by atoms with Crippen LogP contribution in [0.4, 0.5) is 0 Å². The van der Waals surface area contributed by atoms with Crippen molar-refractivity contribution in [2.24, 2.45) is 17.4 Å². The van der Waals surface area contributed by atoms with Crippen LogP contribution in [0.25, 0.3) is 0 Å². The van der Waals surface area contributed by atoms with Gasteiger partial charge in [-0.15, -0.1) is 11.3 Å². The Bertz CT molecular complexity index is 433. The maximum atomic E-state index is 11.8. The highest BCUT2D eigenvalue weighted by atomic mass is 32.1. The molecule has 0 saturated heterocycles. The van der Waals surface area contributed by atoms with Crippen molar-refractivity contribution < 1.29 is 9.59 Å². The summed E-state index contributed by atoms with van der Waals surface area (Å²) in [7, 11) is 0. The van der Waals surface area contributed by atoms with Gasteiger partial charge in [-0.25, -0.2) is 4.98 Å². The molecule has 5 N–H and O–H groups in total. The molecule has 7 heteroatoms. The van der Waals surface area contributed by atoms with E-state index in [1.807, 2.05) is 0 Å². The minimum absolute atomic E-state index is 0.216. The van der Waals surface area contributed by atoms with Crippen LogP contribution in [0, 0.1) is 5.92 Å². The molecular weight excluding hydrogens is 264 g/mol. The number of nitrogens with zero attached hydrogens (tertiary/aromatic N) is 1. The number of rotatable bonds is 8. The molecular formula is C12H20N4O2S. The normalized spacial score (nSPS) is 12.1. The van der Waals surface area contributed by atoms with Crippen LogP contribution in [0.15, 0.2) is 5.38 Å². The van der Waals surface area contributed by atoms with Crippen LogP contribution in [0.3, 0.4) is 0 Å². The molecule has 2 amide bonds. The fraction of sp³-hybridized carbons (Fsp3) is 0.583. The Morgan fingerprint density at radius 2 is 2.26 bits per heavy atom. The van der Waals surface area contributed by atoms with E-state index in [1.54, 1.807) is 12.3 Å². The Hall–Kier alpha value is -1.47. The average Bonchev–Trinajstić information content (AvgIpc) is 2.84. The van der Waals surface area contributed by atoms with Gasteiger partial charge in [0.1, 0.15) is 5.69 Å². The third-order valence-electron chi connectivity index (χ3n) is 2.73. The number of thiazole rings is 1. The number of hydrogen-bond acceptors (Lipinski definition) is 5. The van der Waals surface area contributed by atoms with E-state index >= 15 is 0 Å². The fourth-order valence-corrected chi connectivity index (χ4v) is 2.24. The number of nitrogens with one attached hydrogen (secondary N) is 1. The monoisotopic (exact) mass is 284 g/mol. The Morgan fingerprint density at radius 1 is 1.53 bits per heavy atom. The number of primary amides is 1. The van der Waals surface area contributed by atoms with Gasteiger partial charge in [0.15, 0.2) is 0 Å². The Kier molecular flexibility index (Phi) is 6.44. The van der Waals surface area contributed by atoms with Gasteiger partial charge in [-0.3, -0.25) is 9.59 Å². The number of carbonyl (C=O) groups excluding carboxylic acids is 2. The molecule has 1 heterocycles. The van der Waals surface area contributed by atoms with Crippen molar-refractivity contribution in [3.05, 3.63) is 16.1 Å². The first-order chi connectivity index (χ1) is 9.04. The van der Waals surface area contributed by atoms with Crippen LogP contribution >= 0.6 is 11.3 Å². The molecule has 6 nitrogen and oxygen atoms in total. The lowest BCUT2D eigenvalue weighted by atomic mass is 10.1. The zero-order valence-electron chi connectivity index (χ0n) is 11.0. The average molecular weight is 284 g/mol. The summed E-state index contributed by atoms with van der Waals surface area (Å²) in [4.78, 5) is 26.9. The molecule has 1 aromatic rings. The number of carbonyl (C=O) groups is 2. The lowest BCUT2D eigenvalue weighted by Crippen LogP contribution is -2.29. The SMILES string of the molecule is CC(CCNC(=O)c1csc(CCCN)n1)C(N)=O. The summed E-state index contributed by atoms with van der Waals surface area (Å²) in [5, 5.41) is 5.38. The summed E-state index contributed by atoms with van der Waals surface area (Å²) in [5.41, 5.74) is 11.0. The molecule has 0 aliphatic heterocycles. The van der Waals surface area contributed by atoms with Gasteiger partial charge in [0.25, 0.3) is 5.91 Å². The van der Waals surface area contributed by atoms with E-state index in [-0.39, 0.29) is 17.7 Å². The van der Waals surface area contributed by atoms with Crippen molar-refractivity contribution in [3.63, 3.8) is 0 Å². The largest absolute Gasteiger partial charge is 0.369 e. The van der Waals surface area contributed by atoms with Crippen molar-refractivity contribution >= 4 is 23.2 Å². The second-order valence-electron chi connectivity index (χ2n) is 4.37. The number of aryl methyl sites for hydroxylation is 1. The Labute approximate surface area is 116 Å². The van der Waals surface area contributed by atoms with E-state index in [4.69, 9.17) is 11.5 Å². The lowest BCUT2D eigenvalue weighted by molar-refractivity contribution is -0.121. The van der Waals surface area contributed by atoms with Gasteiger partial charge in [0.2, 0.25) is 5.91 Å². The van der Waals surface area contributed by atoms with Gasteiger partial charge in [-0.2, -0.15) is 0 Å². The summed E-state index contributed by atoms with van der Waals surface area (Å²) in [5.74, 6) is -0.810. The van der Waals surface area contributed by atoms with E-state index in [1.165, 1.54) is 11.3 Å². The second kappa shape index (κ2) is 7.85. The molecule has 0 aliphatic carbocycles. The molecule has 0 fully saturated rings. The topological polar surface area (TPSA) is 111 Å². The molecule has 0 spiro atoms. The van der Waals surface area contributed by atoms with Crippen LogP contribution in [0.2, 0.25) is 0 Å². The summed E-state index contributed by atoms with van der Waals surface area (Å²) < 4.78 is 0. The molecule has 0 aromatic carbocycles. The maximum absolute atomic E-state index is 11.8. The second-order valence-corrected chi connectivity index (χ2v) is 5.31. The summed E-state index contributed by atoms with van der Waals surface area (Å²) in [6, 6.07) is 0. The maximum Gasteiger partial charge on any atom is 0.270 e. The summed E-state index contributed by atoms with van der Waals surface area (Å²) >= 11 is 1.46. The standard InChI is InChI=1S/C12H20N4O2S/c1-8(11(14)17)4-6-15-12(18)9-7-19-10(16-9)3-2-5-13/h7-8H,2-6,13H2,1H3,(H2,14,17)(H,15,18). The van der Waals surface area contributed by atoms with Gasteiger partial charge < -0.3 is 16.8 Å². The molecule has 1 unspecified atom stereocenters. The van der Waals surface area contributed by atoms with Crippen LogP contribution in [-0.4, -0.2) is 29.9 Å². The molecule has 0 bridgehead atoms. The molecule has 106 valence electrons. The zero-order chi connectivity index (χ0) is 14.3. The zero-order valence-corrected chi connectivity index (χ0v) is 11.8. The molecule has 1 aromatic heterocycles. The lowest BCUT2D eigenvalue weighted by Gasteiger charge is -2.07. The van der Waals surface area contributed by atoms with E-state index in [2.05, 4.69) is 10.3 Å². The van der Waals surface area contributed by atoms with Gasteiger partial charge in [0.05, 0.1) is 5.01 Å². The van der Waals surface area contributed by atoms with Crippen LogP contribution in [0.1, 0.15) is 35.3 Å². The van der Waals surface area contributed by atoms with Gasteiger partial charge >= 0.3 is 0 Å². The molecule has 0 aliphatic rings. The summed E-state index contributed by atoms with van der Waals surface area (Å²) in [6.45, 7) is 2.77. The van der Waals surface area contributed by atoms with E-state index in [0.717, 1.165) is 17.8 Å². The fourth-order valence-electron chi connectivity index (χ4n) is 1.42. The Balaban J connectivity index is 2.37. The van der Waals surface area contributed by atoms with Crippen molar-refractivity contribution in [2.75, 3.05) is 13.1 Å². The van der Waals surface area contributed by atoms with E-state index in [0.29, 0.717) is 25.2 Å². The first-order valence-corrected chi connectivity index (χ1v) is 7.14. The highest BCUT2D eigenvalue weighted by Crippen LogP contribution is 2.11. The predicted octanol–water partition coefficient (Wildman–Crippen LogP) is 0.276. The first kappa shape index (κ1) is 15.6. The van der Waals surface area contributed by atoms with E-state index < -0.39 is 0 Å². The molecule has 0 radical (unpaired) electrons. The van der Waals surface area contributed by atoms with Gasteiger partial charge in [-0.1, -0.05) is 6.92 Å². The Morgan fingerprint density at radius 3 is 2.89 bits per heavy atom. The third-order valence-corrected chi connectivity index (χ3v) is 3.64. The summed E-state index contributed by atoms with van der Waals surface area (Å²) in [6.07, 6.45) is 2.20. The quantitative estimate of drug-likeness (QED) is 0.636. The van der Waals surface area contributed by atoms with Crippen molar-refractivity contribution in [3.8, 4) is 0 Å². The minimum atomic E-state index is -0.355. The molecule has 1 atom stereocenters. The van der Waals surface area contributed by atoms with Crippen LogP contribution < -0.4 is 16.8 Å². The molecule has 19 heavy (non-hydrogen) atoms. The molecule has 0 saturated carbocycles. The van der Waals surface area contributed by atoms with Crippen LogP contribution in [0.5, 0.6) is 0 Å². The van der Waals surface area contributed by atoms with E-state index in [9.17, 15) is 9.59 Å². The molecule has 1 rings (SSSR count). The highest BCUT2D eigenvalue weighted by molar-refractivity contribution is 7.09. The van der Waals surface area contributed by atoms with Crippen molar-refractivity contribution in [2.45, 2.75) is 26.2 Å². The number of nitrogens with two attached hydrogens (primary N) is 2. The highest BCUT2D eigenvalue weighted by Gasteiger charge is 2.12. The van der Waals surface area contributed by atoms with Crippen LogP contribution in [-0.2, 0) is 11.2 Å². The number of aromatic nitrogens is 1. The predicted molar refractivity (Wildman–Crippen MR) is 74.8 cm³/mol. The number of amides is 2. The third kappa shape index (κ3) is 5.35. The smallest absolute Gasteiger partial charge is 0.270 e. The van der Waals surface area contributed by atoms with Gasteiger partial charge in [-0.05, 0) is 19.4 Å². The van der Waals surface area contributed by atoms with Crippen molar-refractivity contribution in [1.29, 1.82) is 0 Å². The number of hydrogen-bond donors (Lipinski definition) is 3. The minimum Gasteiger partial charge on any atom is -0.369 e. The first-order valence-electron chi connectivity index (χ1n) is 6.26. The van der Waals surface area contributed by atoms with Crippen molar-refractivity contribution in [1.82, 2.24) is 10.3 Å².